The number of halogens is 2. The highest BCUT2D eigenvalue weighted by molar-refractivity contribution is 6.33. The molecule has 0 radical (unpaired) electrons. The maximum atomic E-state index is 12.7. The molecule has 0 spiro atoms. The highest BCUT2D eigenvalue weighted by atomic mass is 35.5. The van der Waals surface area contributed by atoms with E-state index in [1.165, 1.54) is 0 Å². The van der Waals surface area contributed by atoms with Crippen molar-refractivity contribution in [2.75, 3.05) is 0 Å². The van der Waals surface area contributed by atoms with Crippen LogP contribution in [-0.2, 0) is 4.79 Å². The minimum absolute atomic E-state index is 0.0229. The second kappa shape index (κ2) is 6.70. The number of nitriles is 1. The fourth-order valence-electron chi connectivity index (χ4n) is 4.93. The van der Waals surface area contributed by atoms with E-state index in [0.717, 1.165) is 49.1 Å². The average molecular weight is 378 g/mol. The SMILES string of the molecule is N#CN1[C@H]2CC[C@@H]1[C@H](NC(=O)[C@@H]1CC[C@H](c3cc(Cl)ccc3Cl)C1)C2. The van der Waals surface area contributed by atoms with Crippen molar-refractivity contribution < 1.29 is 4.79 Å². The zero-order valence-electron chi connectivity index (χ0n) is 13.9. The van der Waals surface area contributed by atoms with Crippen LogP contribution >= 0.6 is 23.2 Å². The quantitative estimate of drug-likeness (QED) is 0.807. The van der Waals surface area contributed by atoms with E-state index in [4.69, 9.17) is 23.2 Å². The smallest absolute Gasteiger partial charge is 0.223 e. The van der Waals surface area contributed by atoms with E-state index in [2.05, 4.69) is 11.5 Å². The lowest BCUT2D eigenvalue weighted by Gasteiger charge is -2.23. The molecule has 2 bridgehead atoms. The van der Waals surface area contributed by atoms with Gasteiger partial charge in [-0.15, -0.1) is 0 Å². The molecule has 1 amide bonds. The van der Waals surface area contributed by atoms with Crippen LogP contribution in [0.15, 0.2) is 18.2 Å². The van der Waals surface area contributed by atoms with Gasteiger partial charge in [0.05, 0.1) is 12.1 Å². The van der Waals surface area contributed by atoms with Crippen LogP contribution in [0.4, 0.5) is 0 Å². The molecule has 1 aromatic rings. The summed E-state index contributed by atoms with van der Waals surface area (Å²) in [5, 5.41) is 13.9. The van der Waals surface area contributed by atoms with E-state index < -0.39 is 0 Å². The maximum absolute atomic E-state index is 12.7. The molecule has 0 unspecified atom stereocenters. The monoisotopic (exact) mass is 377 g/mol. The Hall–Kier alpha value is -1.44. The molecule has 1 aromatic carbocycles. The van der Waals surface area contributed by atoms with Crippen molar-refractivity contribution in [1.29, 1.82) is 5.26 Å². The largest absolute Gasteiger partial charge is 0.351 e. The van der Waals surface area contributed by atoms with Gasteiger partial charge in [0.15, 0.2) is 6.19 Å². The Labute approximate surface area is 158 Å². The van der Waals surface area contributed by atoms with Crippen LogP contribution in [0, 0.1) is 17.4 Å². The number of amides is 1. The molecule has 3 aliphatic rings. The van der Waals surface area contributed by atoms with Gasteiger partial charge in [-0.2, -0.15) is 5.26 Å². The van der Waals surface area contributed by atoms with Crippen LogP contribution in [0.25, 0.3) is 0 Å². The zero-order chi connectivity index (χ0) is 17.6. The van der Waals surface area contributed by atoms with E-state index in [1.807, 2.05) is 17.0 Å². The third kappa shape index (κ3) is 3.09. The number of nitrogens with zero attached hydrogens (tertiary/aromatic N) is 2. The molecule has 1 aliphatic carbocycles. The van der Waals surface area contributed by atoms with Gasteiger partial charge < -0.3 is 10.2 Å². The van der Waals surface area contributed by atoms with Crippen LogP contribution < -0.4 is 5.32 Å². The topological polar surface area (TPSA) is 56.1 Å². The lowest BCUT2D eigenvalue weighted by Crippen LogP contribution is -2.45. The van der Waals surface area contributed by atoms with Crippen LogP contribution in [0.3, 0.4) is 0 Å². The number of fused-ring (bicyclic) bond motifs is 2. The van der Waals surface area contributed by atoms with Crippen LogP contribution in [0.1, 0.15) is 50.0 Å². The van der Waals surface area contributed by atoms with Crippen molar-refractivity contribution in [3.63, 3.8) is 0 Å². The number of carbonyl (C=O) groups is 1. The Morgan fingerprint density at radius 1 is 1.20 bits per heavy atom. The van der Waals surface area contributed by atoms with Crippen LogP contribution in [0.5, 0.6) is 0 Å². The van der Waals surface area contributed by atoms with Gasteiger partial charge in [0.25, 0.3) is 0 Å². The lowest BCUT2D eigenvalue weighted by atomic mass is 9.93. The molecule has 6 heteroatoms. The number of hydrogen-bond donors (Lipinski definition) is 1. The Morgan fingerprint density at radius 2 is 2.04 bits per heavy atom. The first-order chi connectivity index (χ1) is 12.1. The van der Waals surface area contributed by atoms with Crippen molar-refractivity contribution in [3.05, 3.63) is 33.8 Å². The highest BCUT2D eigenvalue weighted by Crippen LogP contribution is 2.42. The summed E-state index contributed by atoms with van der Waals surface area (Å²) < 4.78 is 0. The van der Waals surface area contributed by atoms with Crippen molar-refractivity contribution >= 4 is 29.1 Å². The van der Waals surface area contributed by atoms with E-state index in [0.29, 0.717) is 11.1 Å². The summed E-state index contributed by atoms with van der Waals surface area (Å²) in [6.07, 6.45) is 7.93. The number of rotatable bonds is 3. The van der Waals surface area contributed by atoms with E-state index in [-0.39, 0.29) is 29.8 Å². The molecule has 5 atom stereocenters. The number of carbonyl (C=O) groups excluding carboxylic acids is 1. The molecule has 2 aliphatic heterocycles. The fraction of sp³-hybridized carbons (Fsp3) is 0.579. The predicted molar refractivity (Wildman–Crippen MR) is 97.4 cm³/mol. The lowest BCUT2D eigenvalue weighted by molar-refractivity contribution is -0.125. The van der Waals surface area contributed by atoms with Gasteiger partial charge >= 0.3 is 0 Å². The standard InChI is InChI=1S/C19H21Cl2N3O/c20-13-3-5-16(21)15(8-13)11-1-2-12(7-11)19(25)23-17-9-14-4-6-18(17)24(14)10-22/h3,5,8,11-12,14,17-18H,1-2,4,6-7,9H2,(H,23,25)/t11-,12+,14-,17+,18+/m0/s1. The number of benzene rings is 1. The van der Waals surface area contributed by atoms with Crippen LogP contribution in [0.2, 0.25) is 10.0 Å². The van der Waals surface area contributed by atoms with Crippen molar-refractivity contribution in [2.24, 2.45) is 5.92 Å². The Bertz CT molecular complexity index is 732. The molecule has 2 heterocycles. The van der Waals surface area contributed by atoms with Gasteiger partial charge in [0, 0.05) is 22.0 Å². The molecule has 0 aromatic heterocycles. The van der Waals surface area contributed by atoms with E-state index in [9.17, 15) is 10.1 Å². The third-order valence-electron chi connectivity index (χ3n) is 6.18. The summed E-state index contributed by atoms with van der Waals surface area (Å²) in [7, 11) is 0. The second-order valence-electron chi connectivity index (χ2n) is 7.53. The van der Waals surface area contributed by atoms with Crippen LogP contribution in [-0.4, -0.2) is 28.9 Å². The molecule has 1 N–H and O–H groups in total. The Kier molecular flexibility index (Phi) is 4.56. The second-order valence-corrected chi connectivity index (χ2v) is 8.37. The van der Waals surface area contributed by atoms with Gasteiger partial charge in [0.2, 0.25) is 5.91 Å². The first kappa shape index (κ1) is 17.0. The number of hydrogen-bond acceptors (Lipinski definition) is 3. The minimum Gasteiger partial charge on any atom is -0.351 e. The van der Waals surface area contributed by atoms with Gasteiger partial charge in [-0.3, -0.25) is 4.79 Å². The molecule has 3 fully saturated rings. The Balaban J connectivity index is 1.38. The zero-order valence-corrected chi connectivity index (χ0v) is 15.4. The summed E-state index contributed by atoms with van der Waals surface area (Å²) in [5.74, 6) is 0.448. The Morgan fingerprint density at radius 3 is 2.80 bits per heavy atom. The average Bonchev–Trinajstić information content (AvgIpc) is 3.30. The minimum atomic E-state index is 0.0229. The summed E-state index contributed by atoms with van der Waals surface area (Å²) in [5.41, 5.74) is 1.06. The molecule has 25 heavy (non-hydrogen) atoms. The van der Waals surface area contributed by atoms with E-state index in [1.54, 1.807) is 6.07 Å². The molecule has 1 saturated carbocycles. The van der Waals surface area contributed by atoms with Gasteiger partial charge in [0.1, 0.15) is 0 Å². The normalized spacial score (nSPS) is 33.5. The summed E-state index contributed by atoms with van der Waals surface area (Å²) in [6.45, 7) is 0. The van der Waals surface area contributed by atoms with Gasteiger partial charge in [-0.1, -0.05) is 23.2 Å². The first-order valence-corrected chi connectivity index (χ1v) is 9.76. The fourth-order valence-corrected chi connectivity index (χ4v) is 5.38. The molecule has 4 rings (SSSR count). The summed E-state index contributed by atoms with van der Waals surface area (Å²) >= 11 is 12.4. The third-order valence-corrected chi connectivity index (χ3v) is 6.76. The predicted octanol–water partition coefficient (Wildman–Crippen LogP) is 4.08. The molecular formula is C19H21Cl2N3O. The molecule has 2 saturated heterocycles. The van der Waals surface area contributed by atoms with Crippen molar-refractivity contribution in [2.45, 2.75) is 62.6 Å². The molecular weight excluding hydrogens is 357 g/mol. The summed E-state index contributed by atoms with van der Waals surface area (Å²) in [6, 6.07) is 6.19. The first-order valence-electron chi connectivity index (χ1n) is 9.00. The number of nitrogens with one attached hydrogen (secondary N) is 1. The van der Waals surface area contributed by atoms with Crippen molar-refractivity contribution in [3.8, 4) is 6.19 Å². The molecule has 132 valence electrons. The van der Waals surface area contributed by atoms with Gasteiger partial charge in [-0.25, -0.2) is 0 Å². The highest BCUT2D eigenvalue weighted by Gasteiger charge is 2.47. The maximum Gasteiger partial charge on any atom is 0.223 e. The van der Waals surface area contributed by atoms with Gasteiger partial charge in [-0.05, 0) is 68.2 Å². The summed E-state index contributed by atoms with van der Waals surface area (Å²) in [4.78, 5) is 14.6. The van der Waals surface area contributed by atoms with Crippen molar-refractivity contribution in [1.82, 2.24) is 10.2 Å². The molecule has 4 nitrogen and oxygen atoms in total. The van der Waals surface area contributed by atoms with E-state index >= 15 is 0 Å².